The van der Waals surface area contributed by atoms with Gasteiger partial charge in [-0.1, -0.05) is 102 Å². The molecule has 0 aliphatic carbocycles. The van der Waals surface area contributed by atoms with Crippen molar-refractivity contribution in [3.63, 3.8) is 0 Å². The smallest absolute Gasteiger partial charge is 0.449 e. The van der Waals surface area contributed by atoms with Crippen molar-refractivity contribution in [2.24, 2.45) is 0 Å². The molecular weight excluding hydrogens is 396 g/mol. The van der Waals surface area contributed by atoms with Gasteiger partial charge in [-0.2, -0.15) is 0 Å². The van der Waals surface area contributed by atoms with Gasteiger partial charge in [-0.3, -0.25) is 0 Å². The van der Waals surface area contributed by atoms with E-state index in [9.17, 15) is 9.90 Å². The first-order chi connectivity index (χ1) is 15.6. The van der Waals surface area contributed by atoms with Crippen molar-refractivity contribution in [1.82, 2.24) is 0 Å². The molecule has 2 aromatic carbocycles. The predicted molar refractivity (Wildman–Crippen MR) is 135 cm³/mol. The Morgan fingerprint density at radius 2 is 1.31 bits per heavy atom. The number of benzene rings is 2. The highest BCUT2D eigenvalue weighted by Crippen LogP contribution is 2.36. The van der Waals surface area contributed by atoms with Crippen LogP contribution in [0.15, 0.2) is 36.4 Å². The zero-order chi connectivity index (χ0) is 23.2. The summed E-state index contributed by atoms with van der Waals surface area (Å²) in [6, 6.07) is 12.6. The Balaban J connectivity index is 2.43. The van der Waals surface area contributed by atoms with Gasteiger partial charge in [0.1, 0.15) is 5.75 Å². The lowest BCUT2D eigenvalue weighted by molar-refractivity contribution is 0.144. The predicted octanol–water partition coefficient (Wildman–Crippen LogP) is 9.00. The highest BCUT2D eigenvalue weighted by molar-refractivity contribution is 5.74. The van der Waals surface area contributed by atoms with Crippen molar-refractivity contribution in [2.45, 2.75) is 104 Å². The van der Waals surface area contributed by atoms with Crippen molar-refractivity contribution in [3.05, 3.63) is 53.1 Å². The molecule has 0 saturated carbocycles. The molecule has 2 rings (SSSR count). The summed E-state index contributed by atoms with van der Waals surface area (Å²) < 4.78 is 5.27. The number of carbonyl (C=O) groups is 1. The number of hydrogen-bond donors (Lipinski definition) is 1. The van der Waals surface area contributed by atoms with E-state index in [0.29, 0.717) is 5.75 Å². The average molecular weight is 439 g/mol. The molecular formula is C29H42O3. The summed E-state index contributed by atoms with van der Waals surface area (Å²) >= 11 is 0. The number of hydrogen-bond acceptors (Lipinski definition) is 2. The number of aryl methyl sites for hydroxylation is 1. The Hall–Kier alpha value is -2.29. The van der Waals surface area contributed by atoms with E-state index in [2.05, 4.69) is 51.1 Å². The Labute approximate surface area is 195 Å². The second-order valence-corrected chi connectivity index (χ2v) is 8.78. The maximum atomic E-state index is 11.4. The van der Waals surface area contributed by atoms with Crippen molar-refractivity contribution in [3.8, 4) is 16.9 Å². The molecule has 0 spiro atoms. The van der Waals surface area contributed by atoms with Crippen LogP contribution in [0, 0.1) is 0 Å². The van der Waals surface area contributed by atoms with Gasteiger partial charge in [-0.05, 0) is 66.0 Å². The third kappa shape index (κ3) is 8.00. The Morgan fingerprint density at radius 3 is 1.91 bits per heavy atom. The normalized spacial score (nSPS) is 11.0. The summed E-state index contributed by atoms with van der Waals surface area (Å²) in [6.45, 7) is 6.66. The van der Waals surface area contributed by atoms with Crippen LogP contribution in [-0.4, -0.2) is 11.3 Å². The molecule has 176 valence electrons. The number of ether oxygens (including phenoxy) is 1. The molecule has 0 heterocycles. The van der Waals surface area contributed by atoms with Gasteiger partial charge in [0.05, 0.1) is 0 Å². The molecule has 0 aromatic heterocycles. The monoisotopic (exact) mass is 438 g/mol. The highest BCUT2D eigenvalue weighted by atomic mass is 16.7. The number of rotatable bonds is 15. The van der Waals surface area contributed by atoms with Gasteiger partial charge >= 0.3 is 6.16 Å². The number of unbranched alkanes of at least 4 members (excludes halogenated alkanes) is 8. The summed E-state index contributed by atoms with van der Waals surface area (Å²) in [5.41, 5.74) is 6.24. The zero-order valence-corrected chi connectivity index (χ0v) is 20.4. The lowest BCUT2D eigenvalue weighted by Crippen LogP contribution is -2.09. The largest absolute Gasteiger partial charge is 0.511 e. The lowest BCUT2D eigenvalue weighted by Gasteiger charge is -2.20. The molecule has 2 aromatic rings. The van der Waals surface area contributed by atoms with Crippen molar-refractivity contribution in [2.75, 3.05) is 0 Å². The van der Waals surface area contributed by atoms with Gasteiger partial charge < -0.3 is 9.84 Å². The topological polar surface area (TPSA) is 46.5 Å². The van der Waals surface area contributed by atoms with Crippen LogP contribution in [0.1, 0.15) is 102 Å². The standard InChI is InChI=1S/C29H42O3/c1-4-7-9-11-13-19-25-26(24-18-16-15-17-23(24)6-3)21-22-28(32-29(30)31)27(25)20-14-12-10-8-5-2/h15-18,21-22H,4-14,19-20H2,1-3H3,(H,30,31). The molecule has 0 atom stereocenters. The first kappa shape index (κ1) is 26.0. The Kier molecular flexibility index (Phi) is 11.9. The average Bonchev–Trinajstić information content (AvgIpc) is 2.79. The molecule has 0 radical (unpaired) electrons. The van der Waals surface area contributed by atoms with E-state index in [1.165, 1.54) is 73.6 Å². The summed E-state index contributed by atoms with van der Waals surface area (Å²) in [7, 11) is 0. The van der Waals surface area contributed by atoms with E-state index in [4.69, 9.17) is 4.74 Å². The van der Waals surface area contributed by atoms with Crippen LogP contribution < -0.4 is 4.74 Å². The van der Waals surface area contributed by atoms with E-state index in [1.54, 1.807) is 0 Å². The fourth-order valence-corrected chi connectivity index (χ4v) is 4.58. The van der Waals surface area contributed by atoms with Crippen LogP contribution in [-0.2, 0) is 19.3 Å². The molecule has 3 heteroatoms. The van der Waals surface area contributed by atoms with Gasteiger partial charge in [0.15, 0.2) is 0 Å². The van der Waals surface area contributed by atoms with Crippen LogP contribution in [0.25, 0.3) is 11.1 Å². The summed E-state index contributed by atoms with van der Waals surface area (Å²) in [5.74, 6) is 0.522. The summed E-state index contributed by atoms with van der Waals surface area (Å²) in [4.78, 5) is 11.4. The fraction of sp³-hybridized carbons (Fsp3) is 0.552. The molecule has 32 heavy (non-hydrogen) atoms. The third-order valence-electron chi connectivity index (χ3n) is 6.33. The molecule has 0 fully saturated rings. The van der Waals surface area contributed by atoms with E-state index in [-0.39, 0.29) is 0 Å². The molecule has 0 bridgehead atoms. The fourth-order valence-electron chi connectivity index (χ4n) is 4.58. The SMILES string of the molecule is CCCCCCCc1c(OC(=O)O)ccc(-c2ccccc2CC)c1CCCCCCC. The van der Waals surface area contributed by atoms with E-state index in [1.807, 2.05) is 6.07 Å². The quantitative estimate of drug-likeness (QED) is 0.171. The number of carboxylic acid groups (broad SMARTS) is 1. The molecule has 1 N–H and O–H groups in total. The van der Waals surface area contributed by atoms with Crippen molar-refractivity contribution < 1.29 is 14.6 Å². The molecule has 0 saturated heterocycles. The first-order valence-electron chi connectivity index (χ1n) is 12.8. The van der Waals surface area contributed by atoms with Crippen LogP contribution in [0.5, 0.6) is 5.75 Å². The minimum absolute atomic E-state index is 0.522. The van der Waals surface area contributed by atoms with Crippen molar-refractivity contribution in [1.29, 1.82) is 0 Å². The van der Waals surface area contributed by atoms with Crippen LogP contribution in [0.2, 0.25) is 0 Å². The second kappa shape index (κ2) is 14.7. The van der Waals surface area contributed by atoms with Crippen LogP contribution in [0.3, 0.4) is 0 Å². The maximum Gasteiger partial charge on any atom is 0.511 e. The zero-order valence-electron chi connectivity index (χ0n) is 20.4. The molecule has 0 aliphatic rings. The van der Waals surface area contributed by atoms with Crippen molar-refractivity contribution >= 4 is 6.16 Å². The minimum Gasteiger partial charge on any atom is -0.449 e. The molecule has 3 nitrogen and oxygen atoms in total. The highest BCUT2D eigenvalue weighted by Gasteiger charge is 2.18. The Morgan fingerprint density at radius 1 is 0.719 bits per heavy atom. The van der Waals surface area contributed by atoms with Gasteiger partial charge in [0, 0.05) is 0 Å². The van der Waals surface area contributed by atoms with E-state index in [0.717, 1.165) is 37.7 Å². The molecule has 0 unspecified atom stereocenters. The Bertz CT molecular complexity index is 825. The van der Waals surface area contributed by atoms with Gasteiger partial charge in [-0.25, -0.2) is 4.79 Å². The molecule has 0 amide bonds. The lowest BCUT2D eigenvalue weighted by atomic mass is 9.86. The minimum atomic E-state index is -1.23. The summed E-state index contributed by atoms with van der Waals surface area (Å²) in [5, 5.41) is 9.34. The first-order valence-corrected chi connectivity index (χ1v) is 12.8. The third-order valence-corrected chi connectivity index (χ3v) is 6.33. The van der Waals surface area contributed by atoms with Crippen LogP contribution >= 0.6 is 0 Å². The van der Waals surface area contributed by atoms with E-state index >= 15 is 0 Å². The van der Waals surface area contributed by atoms with E-state index < -0.39 is 6.16 Å². The summed E-state index contributed by atoms with van der Waals surface area (Å²) in [6.07, 6.45) is 13.7. The van der Waals surface area contributed by atoms with Gasteiger partial charge in [-0.15, -0.1) is 0 Å². The second-order valence-electron chi connectivity index (χ2n) is 8.78. The maximum absolute atomic E-state index is 11.4. The van der Waals surface area contributed by atoms with Gasteiger partial charge in [0.25, 0.3) is 0 Å². The molecule has 0 aliphatic heterocycles. The van der Waals surface area contributed by atoms with Crippen LogP contribution in [0.4, 0.5) is 4.79 Å². The van der Waals surface area contributed by atoms with Gasteiger partial charge in [0.2, 0.25) is 0 Å².